The molecule has 0 aliphatic carbocycles. The molecule has 0 radical (unpaired) electrons. The van der Waals surface area contributed by atoms with Crippen molar-refractivity contribution in [3.63, 3.8) is 0 Å². The second kappa shape index (κ2) is 5.94. The number of ether oxygens (including phenoxy) is 2. The molecule has 1 heterocycles. The molecule has 0 saturated carbocycles. The quantitative estimate of drug-likeness (QED) is 0.374. The molecule has 0 N–H and O–H groups in total. The topological polar surface area (TPSA) is 34.1 Å². The van der Waals surface area contributed by atoms with Crippen LogP contribution in [0.5, 0.6) is 0 Å². The van der Waals surface area contributed by atoms with Gasteiger partial charge in [-0.15, -0.1) is 0 Å². The van der Waals surface area contributed by atoms with Crippen LogP contribution in [0.25, 0.3) is 0 Å². The summed E-state index contributed by atoms with van der Waals surface area (Å²) >= 11 is 0. The molecule has 1 fully saturated rings. The molecule has 0 aromatic rings. The lowest BCUT2D eigenvalue weighted by Crippen LogP contribution is -2.29. The molecule has 4 heteroatoms. The highest BCUT2D eigenvalue weighted by molar-refractivity contribution is 5.54. The van der Waals surface area contributed by atoms with Gasteiger partial charge in [-0.2, -0.15) is 0 Å². The summed E-state index contributed by atoms with van der Waals surface area (Å²) in [6, 6.07) is 0. The van der Waals surface area contributed by atoms with Crippen molar-refractivity contribution in [3.05, 3.63) is 0 Å². The van der Waals surface area contributed by atoms with Crippen molar-refractivity contribution >= 4 is 6.34 Å². The van der Waals surface area contributed by atoms with Crippen LogP contribution in [0.15, 0.2) is 4.99 Å². The number of nitrogens with zero attached hydrogens (tertiary/aromatic N) is 2. The molecule has 0 bridgehead atoms. The number of aliphatic imine (C=N–C) groups is 1. The molecule has 0 spiro atoms. The Morgan fingerprint density at radius 2 is 1.77 bits per heavy atom. The molecule has 1 saturated heterocycles. The highest BCUT2D eigenvalue weighted by Crippen LogP contribution is 2.06. The summed E-state index contributed by atoms with van der Waals surface area (Å²) in [7, 11) is 3.17. The molecular weight excluding hydrogens is 168 g/mol. The molecule has 4 nitrogen and oxygen atoms in total. The standard InChI is InChI=1S/C9H18N2O2/c1-12-9(13-2)10-8-11-6-4-3-5-7-11/h8-9H,3-7H2,1-2H3. The van der Waals surface area contributed by atoms with Gasteiger partial charge in [0.1, 0.15) is 0 Å². The number of piperidine rings is 1. The Morgan fingerprint density at radius 3 is 2.31 bits per heavy atom. The predicted octanol–water partition coefficient (Wildman–Crippen LogP) is 1.08. The molecule has 76 valence electrons. The van der Waals surface area contributed by atoms with Gasteiger partial charge in [0, 0.05) is 27.3 Å². The van der Waals surface area contributed by atoms with Crippen molar-refractivity contribution in [2.75, 3.05) is 27.3 Å². The van der Waals surface area contributed by atoms with Crippen LogP contribution in [0.3, 0.4) is 0 Å². The van der Waals surface area contributed by atoms with Gasteiger partial charge in [-0.3, -0.25) is 0 Å². The Hall–Kier alpha value is -0.610. The third-order valence-corrected chi connectivity index (χ3v) is 2.15. The van der Waals surface area contributed by atoms with Crippen LogP contribution in [0.1, 0.15) is 19.3 Å². The zero-order chi connectivity index (χ0) is 9.52. The summed E-state index contributed by atoms with van der Waals surface area (Å²) in [5.74, 6) is 0. The Balaban J connectivity index is 2.27. The van der Waals surface area contributed by atoms with Gasteiger partial charge < -0.3 is 14.4 Å². The van der Waals surface area contributed by atoms with Gasteiger partial charge >= 0.3 is 0 Å². The molecule has 0 unspecified atom stereocenters. The van der Waals surface area contributed by atoms with Gasteiger partial charge in [-0.05, 0) is 19.3 Å². The number of hydrogen-bond donors (Lipinski definition) is 0. The van der Waals surface area contributed by atoms with E-state index < -0.39 is 6.41 Å². The van der Waals surface area contributed by atoms with Crippen molar-refractivity contribution in [1.29, 1.82) is 0 Å². The SMILES string of the molecule is COC(N=CN1CCCCC1)OC. The summed E-state index contributed by atoms with van der Waals surface area (Å²) in [5, 5.41) is 0. The molecule has 0 atom stereocenters. The van der Waals surface area contributed by atoms with Gasteiger partial charge in [0.05, 0.1) is 6.34 Å². The first-order valence-corrected chi connectivity index (χ1v) is 4.69. The molecule has 0 aromatic heterocycles. The van der Waals surface area contributed by atoms with Crippen LogP contribution in [-0.2, 0) is 9.47 Å². The summed E-state index contributed by atoms with van der Waals surface area (Å²) in [6.07, 6.45) is 5.23. The monoisotopic (exact) mass is 186 g/mol. The Kier molecular flexibility index (Phi) is 4.78. The Bertz CT molecular complexity index is 152. The van der Waals surface area contributed by atoms with Gasteiger partial charge in [0.15, 0.2) is 0 Å². The second-order valence-corrected chi connectivity index (χ2v) is 3.14. The van der Waals surface area contributed by atoms with Crippen molar-refractivity contribution in [2.24, 2.45) is 4.99 Å². The first kappa shape index (κ1) is 10.5. The lowest BCUT2D eigenvalue weighted by atomic mass is 10.1. The van der Waals surface area contributed by atoms with Crippen LogP contribution in [0.2, 0.25) is 0 Å². The fourth-order valence-corrected chi connectivity index (χ4v) is 1.40. The third kappa shape index (κ3) is 3.74. The normalized spacial score (nSPS) is 18.8. The minimum absolute atomic E-state index is 0.457. The summed E-state index contributed by atoms with van der Waals surface area (Å²) in [4.78, 5) is 6.34. The smallest absolute Gasteiger partial charge is 0.259 e. The Morgan fingerprint density at radius 1 is 1.15 bits per heavy atom. The predicted molar refractivity (Wildman–Crippen MR) is 51.7 cm³/mol. The lowest BCUT2D eigenvalue weighted by Gasteiger charge is -2.24. The van der Waals surface area contributed by atoms with Gasteiger partial charge in [-0.1, -0.05) is 0 Å². The maximum Gasteiger partial charge on any atom is 0.259 e. The first-order chi connectivity index (χ1) is 6.36. The zero-order valence-electron chi connectivity index (χ0n) is 8.40. The molecule has 0 aromatic carbocycles. The van der Waals surface area contributed by atoms with Gasteiger partial charge in [-0.25, -0.2) is 4.99 Å². The maximum atomic E-state index is 4.94. The minimum Gasteiger partial charge on any atom is -0.363 e. The minimum atomic E-state index is -0.457. The highest BCUT2D eigenvalue weighted by Gasteiger charge is 2.06. The summed E-state index contributed by atoms with van der Waals surface area (Å²) in [5.41, 5.74) is 0. The van der Waals surface area contributed by atoms with E-state index in [1.54, 1.807) is 14.2 Å². The van der Waals surface area contributed by atoms with Crippen LogP contribution in [0.4, 0.5) is 0 Å². The fraction of sp³-hybridized carbons (Fsp3) is 0.889. The van der Waals surface area contributed by atoms with E-state index in [1.165, 1.54) is 19.3 Å². The third-order valence-electron chi connectivity index (χ3n) is 2.15. The number of methoxy groups -OCH3 is 2. The lowest BCUT2D eigenvalue weighted by molar-refractivity contribution is -0.0947. The largest absolute Gasteiger partial charge is 0.363 e. The number of likely N-dealkylation sites (tertiary alicyclic amines) is 1. The van der Waals surface area contributed by atoms with Crippen molar-refractivity contribution in [2.45, 2.75) is 25.7 Å². The van der Waals surface area contributed by atoms with Crippen LogP contribution in [0, 0.1) is 0 Å². The van der Waals surface area contributed by atoms with E-state index in [0.717, 1.165) is 13.1 Å². The van der Waals surface area contributed by atoms with E-state index in [4.69, 9.17) is 9.47 Å². The molecule has 1 aliphatic rings. The van der Waals surface area contributed by atoms with E-state index in [1.807, 2.05) is 6.34 Å². The second-order valence-electron chi connectivity index (χ2n) is 3.14. The molecule has 1 rings (SSSR count). The molecule has 1 aliphatic heterocycles. The number of hydrogen-bond acceptors (Lipinski definition) is 3. The van der Waals surface area contributed by atoms with Crippen LogP contribution < -0.4 is 0 Å². The van der Waals surface area contributed by atoms with Crippen molar-refractivity contribution < 1.29 is 9.47 Å². The van der Waals surface area contributed by atoms with Gasteiger partial charge in [0.2, 0.25) is 0 Å². The van der Waals surface area contributed by atoms with E-state index in [2.05, 4.69) is 9.89 Å². The molecule has 13 heavy (non-hydrogen) atoms. The van der Waals surface area contributed by atoms with E-state index in [0.29, 0.717) is 0 Å². The average Bonchev–Trinajstić information content (AvgIpc) is 2.21. The summed E-state index contributed by atoms with van der Waals surface area (Å²) < 4.78 is 9.89. The fourth-order valence-electron chi connectivity index (χ4n) is 1.40. The van der Waals surface area contributed by atoms with Crippen molar-refractivity contribution in [1.82, 2.24) is 4.90 Å². The van der Waals surface area contributed by atoms with Crippen molar-refractivity contribution in [3.8, 4) is 0 Å². The number of rotatable bonds is 4. The van der Waals surface area contributed by atoms with E-state index in [9.17, 15) is 0 Å². The molecule has 0 amide bonds. The maximum absolute atomic E-state index is 4.94. The molecular formula is C9H18N2O2. The van der Waals surface area contributed by atoms with E-state index >= 15 is 0 Å². The first-order valence-electron chi connectivity index (χ1n) is 4.69. The van der Waals surface area contributed by atoms with Gasteiger partial charge in [0.25, 0.3) is 6.41 Å². The summed E-state index contributed by atoms with van der Waals surface area (Å²) in [6.45, 7) is 2.20. The highest BCUT2D eigenvalue weighted by atomic mass is 16.7. The Labute approximate surface area is 79.5 Å². The average molecular weight is 186 g/mol. The van der Waals surface area contributed by atoms with Crippen LogP contribution in [-0.4, -0.2) is 45.0 Å². The van der Waals surface area contributed by atoms with Crippen LogP contribution >= 0.6 is 0 Å². The zero-order valence-corrected chi connectivity index (χ0v) is 8.40. The van der Waals surface area contributed by atoms with E-state index in [-0.39, 0.29) is 0 Å².